The van der Waals surface area contributed by atoms with Crippen molar-refractivity contribution in [2.75, 3.05) is 36.4 Å². The highest BCUT2D eigenvalue weighted by Crippen LogP contribution is 2.22. The Bertz CT molecular complexity index is 548. The van der Waals surface area contributed by atoms with E-state index in [0.717, 1.165) is 43.6 Å². The molecule has 23 heavy (non-hydrogen) atoms. The van der Waals surface area contributed by atoms with E-state index in [0.29, 0.717) is 6.04 Å². The molecule has 1 aliphatic carbocycles. The Morgan fingerprint density at radius 2 is 1.83 bits per heavy atom. The van der Waals surface area contributed by atoms with Crippen molar-refractivity contribution in [2.24, 2.45) is 0 Å². The Morgan fingerprint density at radius 1 is 1.13 bits per heavy atom. The van der Waals surface area contributed by atoms with Crippen LogP contribution in [0.2, 0.25) is 0 Å². The third-order valence-corrected chi connectivity index (χ3v) is 4.83. The summed E-state index contributed by atoms with van der Waals surface area (Å²) in [5, 5.41) is 3.51. The minimum absolute atomic E-state index is 0.156. The largest absolute Gasteiger partial charge is 0.353 e. The number of carbonyl (C=O) groups excluding carboxylic acids is 1. The molecule has 0 spiro atoms. The Kier molecular flexibility index (Phi) is 4.98. The molecule has 2 heterocycles. The van der Waals surface area contributed by atoms with Crippen LogP contribution in [0.4, 0.5) is 11.8 Å². The molecule has 1 aromatic heterocycles. The molecular formula is C17H27N5O. The van der Waals surface area contributed by atoms with Crippen molar-refractivity contribution < 1.29 is 4.79 Å². The second kappa shape index (κ2) is 7.15. The van der Waals surface area contributed by atoms with Gasteiger partial charge in [0.1, 0.15) is 5.82 Å². The minimum atomic E-state index is 0.156. The third-order valence-electron chi connectivity index (χ3n) is 4.83. The lowest BCUT2D eigenvalue weighted by Gasteiger charge is -2.35. The highest BCUT2D eigenvalue weighted by molar-refractivity contribution is 5.73. The van der Waals surface area contributed by atoms with Gasteiger partial charge in [0.15, 0.2) is 0 Å². The van der Waals surface area contributed by atoms with E-state index in [1.165, 1.54) is 32.1 Å². The van der Waals surface area contributed by atoms with Crippen molar-refractivity contribution in [1.82, 2.24) is 14.9 Å². The monoisotopic (exact) mass is 317 g/mol. The van der Waals surface area contributed by atoms with Crippen LogP contribution >= 0.6 is 0 Å². The summed E-state index contributed by atoms with van der Waals surface area (Å²) >= 11 is 0. The van der Waals surface area contributed by atoms with Gasteiger partial charge in [-0.2, -0.15) is 4.98 Å². The number of hydrogen-bond acceptors (Lipinski definition) is 5. The lowest BCUT2D eigenvalue weighted by atomic mass is 9.96. The molecule has 1 aromatic rings. The number of nitrogens with zero attached hydrogens (tertiary/aromatic N) is 4. The molecule has 0 aromatic carbocycles. The standard InChI is InChI=1S/C17H27N5O/c1-13-12-16(22-10-8-21(9-11-22)14(2)23)20-17(18-13)19-15-6-4-3-5-7-15/h12,15H,3-11H2,1-2H3,(H,18,19,20). The van der Waals surface area contributed by atoms with Gasteiger partial charge in [-0.15, -0.1) is 0 Å². The van der Waals surface area contributed by atoms with Crippen molar-refractivity contribution in [3.63, 3.8) is 0 Å². The number of nitrogens with one attached hydrogen (secondary N) is 1. The molecule has 6 nitrogen and oxygen atoms in total. The number of aryl methyl sites for hydroxylation is 1. The molecule has 2 fully saturated rings. The van der Waals surface area contributed by atoms with Crippen LogP contribution in [0.5, 0.6) is 0 Å². The summed E-state index contributed by atoms with van der Waals surface area (Å²) in [5.41, 5.74) is 0.988. The van der Waals surface area contributed by atoms with Crippen molar-refractivity contribution in [3.8, 4) is 0 Å². The maximum atomic E-state index is 11.4. The Morgan fingerprint density at radius 3 is 2.48 bits per heavy atom. The van der Waals surface area contributed by atoms with E-state index in [1.54, 1.807) is 6.92 Å². The van der Waals surface area contributed by atoms with Crippen LogP contribution in [0.3, 0.4) is 0 Å². The molecule has 0 unspecified atom stereocenters. The zero-order valence-electron chi connectivity index (χ0n) is 14.2. The van der Waals surface area contributed by atoms with E-state index < -0.39 is 0 Å². The Hall–Kier alpha value is -1.85. The topological polar surface area (TPSA) is 61.4 Å². The van der Waals surface area contributed by atoms with Gasteiger partial charge in [-0.05, 0) is 19.8 Å². The summed E-state index contributed by atoms with van der Waals surface area (Å²) in [4.78, 5) is 24.9. The molecule has 0 bridgehead atoms. The fourth-order valence-electron chi connectivity index (χ4n) is 3.46. The van der Waals surface area contributed by atoms with Crippen LogP contribution in [0.1, 0.15) is 44.7 Å². The molecule has 0 radical (unpaired) electrons. The van der Waals surface area contributed by atoms with Crippen molar-refractivity contribution in [2.45, 2.75) is 52.0 Å². The van der Waals surface area contributed by atoms with Gasteiger partial charge in [-0.1, -0.05) is 19.3 Å². The average molecular weight is 317 g/mol. The summed E-state index contributed by atoms with van der Waals surface area (Å²) in [6, 6.07) is 2.54. The fraction of sp³-hybridized carbons (Fsp3) is 0.706. The molecule has 1 amide bonds. The van der Waals surface area contributed by atoms with Gasteiger partial charge in [0.25, 0.3) is 0 Å². The molecule has 1 saturated carbocycles. The number of hydrogen-bond donors (Lipinski definition) is 1. The SMILES string of the molecule is CC(=O)N1CCN(c2cc(C)nc(NC3CCCCC3)n2)CC1. The van der Waals surface area contributed by atoms with Gasteiger partial charge < -0.3 is 15.1 Å². The Balaban J connectivity index is 1.66. The first kappa shape index (κ1) is 16.0. The number of amides is 1. The lowest BCUT2D eigenvalue weighted by Crippen LogP contribution is -2.48. The molecular weight excluding hydrogens is 290 g/mol. The van der Waals surface area contributed by atoms with E-state index in [-0.39, 0.29) is 5.91 Å². The van der Waals surface area contributed by atoms with E-state index in [1.807, 2.05) is 17.9 Å². The molecule has 1 N–H and O–H groups in total. The molecule has 6 heteroatoms. The summed E-state index contributed by atoms with van der Waals surface area (Å²) in [6.45, 7) is 6.85. The summed E-state index contributed by atoms with van der Waals surface area (Å²) in [6.07, 6.45) is 6.36. The van der Waals surface area contributed by atoms with Crippen LogP contribution in [-0.4, -0.2) is 53.0 Å². The quantitative estimate of drug-likeness (QED) is 0.926. The van der Waals surface area contributed by atoms with E-state index in [4.69, 9.17) is 4.98 Å². The highest BCUT2D eigenvalue weighted by Gasteiger charge is 2.21. The van der Waals surface area contributed by atoms with Gasteiger partial charge >= 0.3 is 0 Å². The van der Waals surface area contributed by atoms with Gasteiger partial charge in [0, 0.05) is 50.9 Å². The highest BCUT2D eigenvalue weighted by atomic mass is 16.2. The van der Waals surface area contributed by atoms with E-state index in [9.17, 15) is 4.79 Å². The molecule has 3 rings (SSSR count). The zero-order valence-corrected chi connectivity index (χ0v) is 14.2. The number of rotatable bonds is 3. The lowest BCUT2D eigenvalue weighted by molar-refractivity contribution is -0.129. The van der Waals surface area contributed by atoms with Gasteiger partial charge in [-0.25, -0.2) is 4.98 Å². The first-order chi connectivity index (χ1) is 11.1. The summed E-state index contributed by atoms with van der Waals surface area (Å²) < 4.78 is 0. The number of carbonyl (C=O) groups is 1. The third kappa shape index (κ3) is 4.12. The Labute approximate surface area is 138 Å². The van der Waals surface area contributed by atoms with Crippen LogP contribution in [0, 0.1) is 6.92 Å². The second-order valence-corrected chi connectivity index (χ2v) is 6.66. The van der Waals surface area contributed by atoms with E-state index in [2.05, 4.69) is 15.2 Å². The first-order valence-corrected chi connectivity index (χ1v) is 8.74. The van der Waals surface area contributed by atoms with Gasteiger partial charge in [0.2, 0.25) is 11.9 Å². The summed E-state index contributed by atoms with van der Waals surface area (Å²) in [5.74, 6) is 1.88. The fourth-order valence-corrected chi connectivity index (χ4v) is 3.46. The molecule has 1 saturated heterocycles. The van der Waals surface area contributed by atoms with Crippen molar-refractivity contribution >= 4 is 17.7 Å². The number of anilines is 2. The molecule has 2 aliphatic rings. The summed E-state index contributed by atoms with van der Waals surface area (Å²) in [7, 11) is 0. The number of aromatic nitrogens is 2. The first-order valence-electron chi connectivity index (χ1n) is 8.74. The molecule has 0 atom stereocenters. The van der Waals surface area contributed by atoms with Gasteiger partial charge in [-0.3, -0.25) is 4.79 Å². The maximum absolute atomic E-state index is 11.4. The zero-order chi connectivity index (χ0) is 16.2. The van der Waals surface area contributed by atoms with E-state index >= 15 is 0 Å². The number of piperazine rings is 1. The van der Waals surface area contributed by atoms with Crippen LogP contribution in [0.25, 0.3) is 0 Å². The maximum Gasteiger partial charge on any atom is 0.225 e. The molecule has 1 aliphatic heterocycles. The predicted octanol–water partition coefficient (Wildman–Crippen LogP) is 2.20. The average Bonchev–Trinajstić information content (AvgIpc) is 2.55. The predicted molar refractivity (Wildman–Crippen MR) is 91.7 cm³/mol. The van der Waals surface area contributed by atoms with Gasteiger partial charge in [0.05, 0.1) is 0 Å². The minimum Gasteiger partial charge on any atom is -0.353 e. The normalized spacial score (nSPS) is 19.7. The smallest absolute Gasteiger partial charge is 0.225 e. The second-order valence-electron chi connectivity index (χ2n) is 6.66. The molecule has 126 valence electrons. The van der Waals surface area contributed by atoms with Crippen molar-refractivity contribution in [3.05, 3.63) is 11.8 Å². The van der Waals surface area contributed by atoms with Crippen LogP contribution in [0.15, 0.2) is 6.07 Å². The van der Waals surface area contributed by atoms with Crippen LogP contribution < -0.4 is 10.2 Å². The van der Waals surface area contributed by atoms with Crippen molar-refractivity contribution in [1.29, 1.82) is 0 Å². The van der Waals surface area contributed by atoms with Crippen LogP contribution in [-0.2, 0) is 4.79 Å².